The Balaban J connectivity index is 0.00000242. The van der Waals surface area contributed by atoms with Crippen LogP contribution in [0, 0.1) is 6.92 Å². The van der Waals surface area contributed by atoms with E-state index in [4.69, 9.17) is 10.3 Å². The summed E-state index contributed by atoms with van der Waals surface area (Å²) in [6, 6.07) is 5.67. The molecule has 3 N–H and O–H groups in total. The van der Waals surface area contributed by atoms with E-state index >= 15 is 0 Å². The molecular formula is C15H21ClN4O2. The molecule has 0 bridgehead atoms. The van der Waals surface area contributed by atoms with Gasteiger partial charge in [0.2, 0.25) is 5.91 Å². The van der Waals surface area contributed by atoms with Crippen LogP contribution in [0.2, 0.25) is 0 Å². The Bertz CT molecular complexity index is 628. The smallest absolute Gasteiger partial charge is 0.257 e. The van der Waals surface area contributed by atoms with E-state index in [0.29, 0.717) is 31.1 Å². The van der Waals surface area contributed by atoms with Crippen LogP contribution in [0.25, 0.3) is 11.5 Å². The molecule has 0 saturated heterocycles. The fourth-order valence-electron chi connectivity index (χ4n) is 1.88. The van der Waals surface area contributed by atoms with Crippen LogP contribution in [0.5, 0.6) is 0 Å². The van der Waals surface area contributed by atoms with E-state index in [9.17, 15) is 4.79 Å². The van der Waals surface area contributed by atoms with Crippen molar-refractivity contribution >= 4 is 24.0 Å². The predicted molar refractivity (Wildman–Crippen MR) is 88.0 cm³/mol. The largest absolute Gasteiger partial charge is 0.334 e. The van der Waals surface area contributed by atoms with Gasteiger partial charge in [0, 0.05) is 24.1 Å². The Labute approximate surface area is 135 Å². The lowest BCUT2D eigenvalue weighted by Crippen LogP contribution is -2.14. The van der Waals surface area contributed by atoms with Gasteiger partial charge in [0.25, 0.3) is 5.89 Å². The van der Waals surface area contributed by atoms with Gasteiger partial charge in [-0.05, 0) is 37.6 Å². The normalized spacial score (nSPS) is 10.1. The minimum Gasteiger partial charge on any atom is -0.334 e. The quantitative estimate of drug-likeness (QED) is 0.852. The molecule has 6 nitrogen and oxygen atoms in total. The average molecular weight is 325 g/mol. The molecule has 0 saturated carbocycles. The van der Waals surface area contributed by atoms with Gasteiger partial charge >= 0.3 is 0 Å². The number of hydrogen-bond acceptors (Lipinski definition) is 5. The standard InChI is InChI=1S/C15H20N4O2.ClH/c1-3-13-18-15(21-19-13)11-7-6-10(2)12(9-11)17-14(20)5-4-8-16;/h6-7,9H,3-5,8,16H2,1-2H3,(H,17,20);1H. The molecule has 1 amide bonds. The van der Waals surface area contributed by atoms with Crippen molar-refractivity contribution in [2.45, 2.75) is 33.1 Å². The molecule has 0 atom stereocenters. The van der Waals surface area contributed by atoms with E-state index < -0.39 is 0 Å². The number of hydrogen-bond donors (Lipinski definition) is 2. The molecule has 0 unspecified atom stereocenters. The zero-order valence-electron chi connectivity index (χ0n) is 12.8. The highest BCUT2D eigenvalue weighted by molar-refractivity contribution is 5.92. The number of anilines is 1. The first kappa shape index (κ1) is 18.1. The molecule has 1 heterocycles. The third-order valence-electron chi connectivity index (χ3n) is 3.15. The van der Waals surface area contributed by atoms with Gasteiger partial charge in [-0.15, -0.1) is 12.4 Å². The molecule has 0 radical (unpaired) electrons. The Hall–Kier alpha value is -1.92. The second kappa shape index (κ2) is 8.51. The number of aryl methyl sites for hydroxylation is 2. The number of aromatic nitrogens is 2. The first-order chi connectivity index (χ1) is 10.1. The zero-order valence-corrected chi connectivity index (χ0v) is 13.6. The molecule has 0 aliphatic heterocycles. The topological polar surface area (TPSA) is 94.0 Å². The fraction of sp³-hybridized carbons (Fsp3) is 0.400. The molecule has 2 rings (SSSR count). The molecule has 0 aliphatic carbocycles. The molecule has 1 aromatic carbocycles. The second-order valence-corrected chi connectivity index (χ2v) is 4.84. The number of benzene rings is 1. The molecule has 0 aliphatic rings. The van der Waals surface area contributed by atoms with Crippen molar-refractivity contribution in [2.75, 3.05) is 11.9 Å². The van der Waals surface area contributed by atoms with Crippen molar-refractivity contribution in [3.63, 3.8) is 0 Å². The highest BCUT2D eigenvalue weighted by atomic mass is 35.5. The van der Waals surface area contributed by atoms with Crippen molar-refractivity contribution < 1.29 is 9.32 Å². The number of halogens is 1. The highest BCUT2D eigenvalue weighted by Crippen LogP contribution is 2.24. The summed E-state index contributed by atoms with van der Waals surface area (Å²) in [7, 11) is 0. The lowest BCUT2D eigenvalue weighted by molar-refractivity contribution is -0.116. The number of nitrogens with two attached hydrogens (primary N) is 1. The highest BCUT2D eigenvalue weighted by Gasteiger charge is 2.11. The molecular weight excluding hydrogens is 304 g/mol. The van der Waals surface area contributed by atoms with Crippen molar-refractivity contribution in [3.8, 4) is 11.5 Å². The Kier molecular flexibility index (Phi) is 7.01. The van der Waals surface area contributed by atoms with Crippen molar-refractivity contribution in [2.24, 2.45) is 5.73 Å². The van der Waals surface area contributed by atoms with E-state index in [1.54, 1.807) is 0 Å². The summed E-state index contributed by atoms with van der Waals surface area (Å²) in [5, 5.41) is 6.77. The molecule has 7 heteroatoms. The van der Waals surface area contributed by atoms with Gasteiger partial charge in [-0.1, -0.05) is 18.1 Å². The number of rotatable bonds is 6. The first-order valence-electron chi connectivity index (χ1n) is 7.07. The third kappa shape index (κ3) is 4.54. The van der Waals surface area contributed by atoms with Crippen LogP contribution >= 0.6 is 12.4 Å². The minimum absolute atomic E-state index is 0. The summed E-state index contributed by atoms with van der Waals surface area (Å²) in [6.07, 6.45) is 1.81. The lowest BCUT2D eigenvalue weighted by Gasteiger charge is -2.09. The summed E-state index contributed by atoms with van der Waals surface area (Å²) < 4.78 is 5.22. The molecule has 0 spiro atoms. The third-order valence-corrected chi connectivity index (χ3v) is 3.15. The minimum atomic E-state index is -0.0412. The van der Waals surface area contributed by atoms with Crippen LogP contribution in [0.4, 0.5) is 5.69 Å². The van der Waals surface area contributed by atoms with Gasteiger partial charge in [-0.2, -0.15) is 4.98 Å². The summed E-state index contributed by atoms with van der Waals surface area (Å²) in [5.74, 6) is 1.09. The number of amides is 1. The Morgan fingerprint density at radius 1 is 1.41 bits per heavy atom. The Morgan fingerprint density at radius 2 is 2.18 bits per heavy atom. The van der Waals surface area contributed by atoms with Gasteiger partial charge < -0.3 is 15.6 Å². The second-order valence-electron chi connectivity index (χ2n) is 4.84. The summed E-state index contributed by atoms with van der Waals surface area (Å²) in [6.45, 7) is 4.41. The van der Waals surface area contributed by atoms with Gasteiger partial charge in [-0.25, -0.2) is 0 Å². The monoisotopic (exact) mass is 324 g/mol. The molecule has 120 valence electrons. The molecule has 22 heavy (non-hydrogen) atoms. The van der Waals surface area contributed by atoms with Gasteiger partial charge in [0.1, 0.15) is 0 Å². The summed E-state index contributed by atoms with van der Waals surface area (Å²) in [5.41, 5.74) is 7.94. The van der Waals surface area contributed by atoms with Crippen LogP contribution in [-0.2, 0) is 11.2 Å². The van der Waals surface area contributed by atoms with E-state index in [1.165, 1.54) is 0 Å². The van der Waals surface area contributed by atoms with Crippen LogP contribution in [-0.4, -0.2) is 22.6 Å². The summed E-state index contributed by atoms with van der Waals surface area (Å²) >= 11 is 0. The van der Waals surface area contributed by atoms with Gasteiger partial charge in [0.05, 0.1) is 0 Å². The maximum atomic E-state index is 11.8. The van der Waals surface area contributed by atoms with E-state index in [1.807, 2.05) is 32.0 Å². The molecule has 0 fully saturated rings. The maximum absolute atomic E-state index is 11.8. The number of carbonyl (C=O) groups is 1. The van der Waals surface area contributed by atoms with Crippen LogP contribution in [0.15, 0.2) is 22.7 Å². The maximum Gasteiger partial charge on any atom is 0.257 e. The van der Waals surface area contributed by atoms with E-state index in [0.717, 1.165) is 23.2 Å². The molecule has 1 aromatic heterocycles. The van der Waals surface area contributed by atoms with E-state index in [2.05, 4.69) is 15.5 Å². The van der Waals surface area contributed by atoms with Gasteiger partial charge in [-0.3, -0.25) is 4.79 Å². The number of carbonyl (C=O) groups excluding carboxylic acids is 1. The first-order valence-corrected chi connectivity index (χ1v) is 7.07. The van der Waals surface area contributed by atoms with Crippen molar-refractivity contribution in [1.82, 2.24) is 10.1 Å². The number of nitrogens with zero attached hydrogens (tertiary/aromatic N) is 2. The van der Waals surface area contributed by atoms with Gasteiger partial charge in [0.15, 0.2) is 5.82 Å². The van der Waals surface area contributed by atoms with Crippen molar-refractivity contribution in [1.29, 1.82) is 0 Å². The number of nitrogens with one attached hydrogen (secondary N) is 1. The Morgan fingerprint density at radius 3 is 2.82 bits per heavy atom. The summed E-state index contributed by atoms with van der Waals surface area (Å²) in [4.78, 5) is 16.1. The SMILES string of the molecule is CCc1noc(-c2ccc(C)c(NC(=O)CCCN)c2)n1.Cl. The van der Waals surface area contributed by atoms with E-state index in [-0.39, 0.29) is 18.3 Å². The van der Waals surface area contributed by atoms with Crippen LogP contribution < -0.4 is 11.1 Å². The fourth-order valence-corrected chi connectivity index (χ4v) is 1.88. The molecule has 2 aromatic rings. The zero-order chi connectivity index (χ0) is 15.2. The predicted octanol–water partition coefficient (Wildman–Crippen LogP) is 2.71. The lowest BCUT2D eigenvalue weighted by atomic mass is 10.1. The average Bonchev–Trinajstić information content (AvgIpc) is 2.96. The van der Waals surface area contributed by atoms with Crippen LogP contribution in [0.1, 0.15) is 31.2 Å². The van der Waals surface area contributed by atoms with Crippen molar-refractivity contribution in [3.05, 3.63) is 29.6 Å². The van der Waals surface area contributed by atoms with Crippen LogP contribution in [0.3, 0.4) is 0 Å².